The lowest BCUT2D eigenvalue weighted by molar-refractivity contribution is 0.178. The summed E-state index contributed by atoms with van der Waals surface area (Å²) in [6, 6.07) is 9.52. The molecule has 0 radical (unpaired) electrons. The van der Waals surface area contributed by atoms with Crippen LogP contribution in [-0.2, 0) is 10.0 Å². The van der Waals surface area contributed by atoms with E-state index in [1.54, 1.807) is 16.4 Å². The monoisotopic (exact) mass is 349 g/mol. The second kappa shape index (κ2) is 8.11. The second-order valence-corrected chi connectivity index (χ2v) is 8.55. The van der Waals surface area contributed by atoms with Crippen LogP contribution in [0.1, 0.15) is 38.7 Å². The van der Waals surface area contributed by atoms with E-state index in [-0.39, 0.29) is 5.92 Å². The lowest BCUT2D eigenvalue weighted by Crippen LogP contribution is -2.49. The summed E-state index contributed by atoms with van der Waals surface area (Å²) in [6.07, 6.45) is 1.04. The molecule has 1 aromatic rings. The first-order valence-electron chi connectivity index (χ1n) is 8.60. The van der Waals surface area contributed by atoms with Crippen LogP contribution in [-0.4, -0.2) is 50.3 Å². The minimum atomic E-state index is -3.43. The number of sulfonamides is 1. The van der Waals surface area contributed by atoms with Crippen molar-refractivity contribution >= 4 is 10.0 Å². The standard InChI is InChI=1S/C18H27N3O2S/c1-4-16(3)17-5-7-18(8-6-17)24(22,23)21-11-9-20(10-12-21)14-15(2)13-19/h5-8,15-16H,4,9-12,14H2,1-3H3/t15-,16-/m1/s1. The second-order valence-electron chi connectivity index (χ2n) is 6.61. The highest BCUT2D eigenvalue weighted by Gasteiger charge is 2.28. The lowest BCUT2D eigenvalue weighted by atomic mass is 9.99. The van der Waals surface area contributed by atoms with Gasteiger partial charge in [-0.1, -0.05) is 26.0 Å². The van der Waals surface area contributed by atoms with Crippen LogP contribution in [0.2, 0.25) is 0 Å². The maximum Gasteiger partial charge on any atom is 0.243 e. The Balaban J connectivity index is 2.03. The van der Waals surface area contributed by atoms with Crippen LogP contribution >= 0.6 is 0 Å². The maximum atomic E-state index is 12.8. The molecule has 132 valence electrons. The van der Waals surface area contributed by atoms with Gasteiger partial charge in [0.2, 0.25) is 10.0 Å². The molecule has 0 saturated carbocycles. The molecule has 0 N–H and O–H groups in total. The summed E-state index contributed by atoms with van der Waals surface area (Å²) in [7, 11) is -3.43. The van der Waals surface area contributed by atoms with Gasteiger partial charge in [0, 0.05) is 32.7 Å². The summed E-state index contributed by atoms with van der Waals surface area (Å²) < 4.78 is 27.1. The van der Waals surface area contributed by atoms with Crippen molar-refractivity contribution in [2.45, 2.75) is 38.0 Å². The first-order valence-corrected chi connectivity index (χ1v) is 10.0. The Morgan fingerprint density at radius 2 is 1.71 bits per heavy atom. The van der Waals surface area contributed by atoms with Gasteiger partial charge in [0.15, 0.2) is 0 Å². The topological polar surface area (TPSA) is 64.4 Å². The Labute approximate surface area is 145 Å². The lowest BCUT2D eigenvalue weighted by Gasteiger charge is -2.34. The van der Waals surface area contributed by atoms with Crippen LogP contribution in [0.5, 0.6) is 0 Å². The minimum Gasteiger partial charge on any atom is -0.299 e. The van der Waals surface area contributed by atoms with Crippen LogP contribution in [0, 0.1) is 17.2 Å². The normalized spacial score (nSPS) is 19.6. The molecular formula is C18H27N3O2S. The molecule has 1 fully saturated rings. The van der Waals surface area contributed by atoms with E-state index in [1.165, 1.54) is 5.56 Å². The Hall–Kier alpha value is -1.42. The van der Waals surface area contributed by atoms with Gasteiger partial charge < -0.3 is 0 Å². The predicted molar refractivity (Wildman–Crippen MR) is 95.1 cm³/mol. The van der Waals surface area contributed by atoms with Gasteiger partial charge in [0.1, 0.15) is 0 Å². The highest BCUT2D eigenvalue weighted by atomic mass is 32.2. The van der Waals surface area contributed by atoms with Crippen LogP contribution in [0.3, 0.4) is 0 Å². The van der Waals surface area contributed by atoms with Crippen molar-refractivity contribution in [1.82, 2.24) is 9.21 Å². The molecule has 1 aromatic carbocycles. The van der Waals surface area contributed by atoms with Crippen molar-refractivity contribution in [3.63, 3.8) is 0 Å². The summed E-state index contributed by atoms with van der Waals surface area (Å²) >= 11 is 0. The zero-order chi connectivity index (χ0) is 17.7. The third-order valence-electron chi connectivity index (χ3n) is 4.78. The Morgan fingerprint density at radius 3 is 2.21 bits per heavy atom. The highest BCUT2D eigenvalue weighted by molar-refractivity contribution is 7.89. The summed E-state index contributed by atoms with van der Waals surface area (Å²) in [5, 5.41) is 8.89. The van der Waals surface area contributed by atoms with Gasteiger partial charge in [0.05, 0.1) is 16.9 Å². The molecule has 0 aliphatic carbocycles. The van der Waals surface area contributed by atoms with E-state index in [2.05, 4.69) is 24.8 Å². The number of nitrogens with zero attached hydrogens (tertiary/aromatic N) is 3. The van der Waals surface area contributed by atoms with E-state index in [4.69, 9.17) is 5.26 Å². The van der Waals surface area contributed by atoms with Crippen molar-refractivity contribution in [2.75, 3.05) is 32.7 Å². The highest BCUT2D eigenvalue weighted by Crippen LogP contribution is 2.23. The van der Waals surface area contributed by atoms with Crippen molar-refractivity contribution < 1.29 is 8.42 Å². The molecule has 0 aromatic heterocycles. The van der Waals surface area contributed by atoms with Gasteiger partial charge in [-0.3, -0.25) is 4.90 Å². The molecule has 2 atom stereocenters. The van der Waals surface area contributed by atoms with Crippen LogP contribution < -0.4 is 0 Å². The third kappa shape index (κ3) is 4.35. The summed E-state index contributed by atoms with van der Waals surface area (Å²) in [5.74, 6) is 0.411. The number of benzene rings is 1. The van der Waals surface area contributed by atoms with Crippen LogP contribution in [0.25, 0.3) is 0 Å². The fourth-order valence-corrected chi connectivity index (χ4v) is 4.36. The summed E-state index contributed by atoms with van der Waals surface area (Å²) in [5.41, 5.74) is 1.17. The Morgan fingerprint density at radius 1 is 1.12 bits per heavy atom. The number of piperazine rings is 1. The fourth-order valence-electron chi connectivity index (χ4n) is 2.93. The van der Waals surface area contributed by atoms with E-state index in [0.717, 1.165) is 6.42 Å². The first kappa shape index (κ1) is 18.9. The SMILES string of the molecule is CC[C@@H](C)c1ccc(S(=O)(=O)N2CCN(C[C@H](C)C#N)CC2)cc1. The van der Waals surface area contributed by atoms with Gasteiger partial charge in [-0.05, 0) is 37.0 Å². The molecule has 0 amide bonds. The predicted octanol–water partition coefficient (Wildman–Crippen LogP) is 2.67. The van der Waals surface area contributed by atoms with Crippen LogP contribution in [0.15, 0.2) is 29.2 Å². The zero-order valence-electron chi connectivity index (χ0n) is 14.8. The summed E-state index contributed by atoms with van der Waals surface area (Å²) in [6.45, 7) is 9.18. The number of rotatable bonds is 6. The molecule has 1 aliphatic heterocycles. The molecule has 1 heterocycles. The molecule has 24 heavy (non-hydrogen) atoms. The van der Waals surface area contributed by atoms with E-state index in [0.29, 0.717) is 43.5 Å². The quantitative estimate of drug-likeness (QED) is 0.792. The van der Waals surface area contributed by atoms with Gasteiger partial charge in [-0.2, -0.15) is 9.57 Å². The average Bonchev–Trinajstić information content (AvgIpc) is 2.61. The molecule has 1 aliphatic rings. The van der Waals surface area contributed by atoms with E-state index in [1.807, 2.05) is 19.1 Å². The zero-order valence-corrected chi connectivity index (χ0v) is 15.6. The average molecular weight is 350 g/mol. The molecule has 6 heteroatoms. The number of hydrogen-bond donors (Lipinski definition) is 0. The molecule has 5 nitrogen and oxygen atoms in total. The molecule has 0 spiro atoms. The largest absolute Gasteiger partial charge is 0.299 e. The van der Waals surface area contributed by atoms with Gasteiger partial charge in [-0.15, -0.1) is 0 Å². The Kier molecular flexibility index (Phi) is 6.39. The molecule has 0 unspecified atom stereocenters. The Bertz CT molecular complexity index is 671. The smallest absolute Gasteiger partial charge is 0.243 e. The maximum absolute atomic E-state index is 12.8. The molecule has 2 rings (SSSR count). The number of hydrogen-bond acceptors (Lipinski definition) is 4. The number of nitriles is 1. The van der Waals surface area contributed by atoms with Gasteiger partial charge in [-0.25, -0.2) is 8.42 Å². The molecule has 1 saturated heterocycles. The third-order valence-corrected chi connectivity index (χ3v) is 6.70. The van der Waals surface area contributed by atoms with Gasteiger partial charge in [0.25, 0.3) is 0 Å². The fraction of sp³-hybridized carbons (Fsp3) is 0.611. The molecule has 0 bridgehead atoms. The molecular weight excluding hydrogens is 322 g/mol. The van der Waals surface area contributed by atoms with Crippen molar-refractivity contribution in [3.05, 3.63) is 29.8 Å². The van der Waals surface area contributed by atoms with Crippen molar-refractivity contribution in [2.24, 2.45) is 5.92 Å². The van der Waals surface area contributed by atoms with Gasteiger partial charge >= 0.3 is 0 Å². The van der Waals surface area contributed by atoms with Crippen molar-refractivity contribution in [1.29, 1.82) is 5.26 Å². The van der Waals surface area contributed by atoms with E-state index < -0.39 is 10.0 Å². The van der Waals surface area contributed by atoms with Crippen LogP contribution in [0.4, 0.5) is 0 Å². The summed E-state index contributed by atoms with van der Waals surface area (Å²) in [4.78, 5) is 2.53. The van der Waals surface area contributed by atoms with E-state index >= 15 is 0 Å². The van der Waals surface area contributed by atoms with E-state index in [9.17, 15) is 8.42 Å². The van der Waals surface area contributed by atoms with Crippen molar-refractivity contribution in [3.8, 4) is 6.07 Å². The minimum absolute atomic E-state index is 0.0266. The first-order chi connectivity index (χ1) is 11.4.